The fourth-order valence-electron chi connectivity index (χ4n) is 1.15. The summed E-state index contributed by atoms with van der Waals surface area (Å²) in [6.07, 6.45) is 1.36. The van der Waals surface area contributed by atoms with Crippen molar-refractivity contribution in [2.24, 2.45) is 0 Å². The van der Waals surface area contributed by atoms with Crippen LogP contribution in [0.3, 0.4) is 0 Å². The Morgan fingerprint density at radius 2 is 2.38 bits per heavy atom. The normalized spacial score (nSPS) is 44.6. The van der Waals surface area contributed by atoms with Crippen molar-refractivity contribution in [3.63, 3.8) is 0 Å². The summed E-state index contributed by atoms with van der Waals surface area (Å²) in [7, 11) is 2.33. The number of quaternary nitrogens is 1. The van der Waals surface area contributed by atoms with Crippen LogP contribution in [0, 0.1) is 0 Å². The average molecular weight is 226 g/mol. The van der Waals surface area contributed by atoms with Gasteiger partial charge >= 0.3 is 0 Å². The summed E-state index contributed by atoms with van der Waals surface area (Å²) >= 11 is 2.47. The molecule has 1 saturated heterocycles. The first-order valence-electron chi connectivity index (χ1n) is 3.13. The Morgan fingerprint density at radius 3 is 2.50 bits per heavy atom. The van der Waals surface area contributed by atoms with Crippen LogP contribution in [0.4, 0.5) is 0 Å². The standard InChI is InChI=1S/C6H13IN/c1-3-6-4-8(6,2)5-7/h6H,3-5H2,1-2H3/q+1. The molecule has 0 aromatic heterocycles. The fourth-order valence-corrected chi connectivity index (χ4v) is 1.99. The minimum Gasteiger partial charge on any atom is -0.306 e. The van der Waals surface area contributed by atoms with Gasteiger partial charge in [0.05, 0.1) is 7.05 Å². The van der Waals surface area contributed by atoms with Crippen molar-refractivity contribution >= 4 is 22.6 Å². The van der Waals surface area contributed by atoms with Crippen molar-refractivity contribution in [3.05, 3.63) is 0 Å². The van der Waals surface area contributed by atoms with Gasteiger partial charge in [0, 0.05) is 6.42 Å². The van der Waals surface area contributed by atoms with Gasteiger partial charge < -0.3 is 4.48 Å². The Kier molecular flexibility index (Phi) is 1.82. The fraction of sp³-hybridized carbons (Fsp3) is 1.00. The number of alkyl halides is 1. The Morgan fingerprint density at radius 1 is 1.75 bits per heavy atom. The zero-order valence-corrected chi connectivity index (χ0v) is 7.68. The largest absolute Gasteiger partial charge is 0.306 e. The molecule has 8 heavy (non-hydrogen) atoms. The van der Waals surface area contributed by atoms with Crippen molar-refractivity contribution in [1.82, 2.24) is 0 Å². The molecule has 1 fully saturated rings. The predicted octanol–water partition coefficient (Wildman–Crippen LogP) is 1.62. The third-order valence-corrected chi connectivity index (χ3v) is 3.68. The summed E-state index contributed by atoms with van der Waals surface area (Å²) in [5, 5.41) is 0. The van der Waals surface area contributed by atoms with Crippen LogP contribution < -0.4 is 0 Å². The zero-order valence-electron chi connectivity index (χ0n) is 5.52. The highest BCUT2D eigenvalue weighted by Gasteiger charge is 2.48. The van der Waals surface area contributed by atoms with Gasteiger partial charge in [-0.25, -0.2) is 0 Å². The molecule has 0 N–H and O–H groups in total. The molecular formula is C6H13IN+. The van der Waals surface area contributed by atoms with E-state index in [1.165, 1.54) is 22.0 Å². The maximum atomic E-state index is 2.47. The third kappa shape index (κ3) is 1.00. The number of rotatable bonds is 2. The van der Waals surface area contributed by atoms with Crippen molar-refractivity contribution in [2.45, 2.75) is 19.4 Å². The molecule has 1 aliphatic heterocycles. The molecule has 1 rings (SSSR count). The first kappa shape index (κ1) is 6.81. The maximum absolute atomic E-state index is 2.47. The highest BCUT2D eigenvalue weighted by Crippen LogP contribution is 2.31. The summed E-state index contributed by atoms with van der Waals surface area (Å²) in [6.45, 7) is 3.69. The van der Waals surface area contributed by atoms with Crippen molar-refractivity contribution < 1.29 is 4.48 Å². The van der Waals surface area contributed by atoms with Crippen LogP contribution in [0.5, 0.6) is 0 Å². The molecule has 48 valence electrons. The van der Waals surface area contributed by atoms with Gasteiger partial charge in [0.1, 0.15) is 17.1 Å². The molecule has 1 aliphatic rings. The van der Waals surface area contributed by atoms with Crippen LogP contribution >= 0.6 is 22.6 Å². The van der Waals surface area contributed by atoms with E-state index >= 15 is 0 Å². The molecule has 2 heteroatoms. The van der Waals surface area contributed by atoms with Crippen LogP contribution in [0.15, 0.2) is 0 Å². The first-order chi connectivity index (χ1) is 3.73. The lowest BCUT2D eigenvalue weighted by Crippen LogP contribution is -2.20. The Balaban J connectivity index is 2.31. The highest BCUT2D eigenvalue weighted by molar-refractivity contribution is 14.1. The lowest BCUT2D eigenvalue weighted by atomic mass is 10.4. The predicted molar refractivity (Wildman–Crippen MR) is 44.0 cm³/mol. The van der Waals surface area contributed by atoms with E-state index in [1.54, 1.807) is 0 Å². The molecule has 0 saturated carbocycles. The summed E-state index contributed by atoms with van der Waals surface area (Å²) in [5.74, 6) is 0. The summed E-state index contributed by atoms with van der Waals surface area (Å²) < 4.78 is 2.60. The molecule has 2 atom stereocenters. The Hall–Kier alpha value is 0.690. The SMILES string of the molecule is CCC1C[N+]1(C)CI. The number of hydrogen-bond acceptors (Lipinski definition) is 0. The molecule has 1 heterocycles. The van der Waals surface area contributed by atoms with Gasteiger partial charge in [-0.05, 0) is 22.6 Å². The smallest absolute Gasteiger partial charge is 0.139 e. The van der Waals surface area contributed by atoms with Crippen LogP contribution in [0.25, 0.3) is 0 Å². The van der Waals surface area contributed by atoms with Gasteiger partial charge in [0.15, 0.2) is 0 Å². The topological polar surface area (TPSA) is 0 Å². The van der Waals surface area contributed by atoms with Gasteiger partial charge in [0.25, 0.3) is 0 Å². The molecule has 0 aliphatic carbocycles. The molecule has 2 unspecified atom stereocenters. The maximum Gasteiger partial charge on any atom is 0.139 e. The van der Waals surface area contributed by atoms with Gasteiger partial charge in [-0.15, -0.1) is 0 Å². The van der Waals surface area contributed by atoms with Gasteiger partial charge in [-0.1, -0.05) is 6.92 Å². The van der Waals surface area contributed by atoms with Crippen LogP contribution in [-0.4, -0.2) is 28.7 Å². The monoisotopic (exact) mass is 226 g/mol. The molecular weight excluding hydrogens is 213 g/mol. The van der Waals surface area contributed by atoms with Crippen LogP contribution in [-0.2, 0) is 0 Å². The molecule has 0 radical (unpaired) electrons. The van der Waals surface area contributed by atoms with Crippen LogP contribution in [0.1, 0.15) is 13.3 Å². The number of nitrogens with zero attached hydrogens (tertiary/aromatic N) is 1. The number of hydrogen-bond donors (Lipinski definition) is 0. The van der Waals surface area contributed by atoms with E-state index in [2.05, 4.69) is 36.6 Å². The highest BCUT2D eigenvalue weighted by atomic mass is 127. The van der Waals surface area contributed by atoms with Gasteiger partial charge in [-0.2, -0.15) is 0 Å². The van der Waals surface area contributed by atoms with Crippen molar-refractivity contribution in [3.8, 4) is 0 Å². The summed E-state index contributed by atoms with van der Waals surface area (Å²) in [5.41, 5.74) is 0. The van der Waals surface area contributed by atoms with E-state index in [1.807, 2.05) is 0 Å². The average Bonchev–Trinajstić information content (AvgIpc) is 2.44. The van der Waals surface area contributed by atoms with E-state index in [0.717, 1.165) is 6.04 Å². The molecule has 0 aromatic rings. The molecule has 0 aromatic carbocycles. The summed E-state index contributed by atoms with van der Waals surface area (Å²) in [6, 6.07) is 0.992. The Labute approximate surface area is 64.8 Å². The van der Waals surface area contributed by atoms with E-state index in [9.17, 15) is 0 Å². The minimum atomic E-state index is 0.992. The lowest BCUT2D eigenvalue weighted by molar-refractivity contribution is -0.773. The van der Waals surface area contributed by atoms with Crippen molar-refractivity contribution in [2.75, 3.05) is 18.1 Å². The van der Waals surface area contributed by atoms with E-state index in [-0.39, 0.29) is 0 Å². The molecule has 0 bridgehead atoms. The lowest BCUT2D eigenvalue weighted by Gasteiger charge is -2.07. The quantitative estimate of drug-likeness (QED) is 0.220. The number of halogens is 1. The third-order valence-electron chi connectivity index (χ3n) is 2.12. The second-order valence-electron chi connectivity index (χ2n) is 2.84. The second kappa shape index (κ2) is 2.14. The van der Waals surface area contributed by atoms with E-state index < -0.39 is 0 Å². The molecule has 0 spiro atoms. The van der Waals surface area contributed by atoms with E-state index in [0.29, 0.717) is 0 Å². The van der Waals surface area contributed by atoms with Gasteiger partial charge in [-0.3, -0.25) is 0 Å². The Bertz CT molecular complexity index is 94.5. The van der Waals surface area contributed by atoms with Gasteiger partial charge in [0.2, 0.25) is 0 Å². The first-order valence-corrected chi connectivity index (χ1v) is 4.65. The zero-order chi connectivity index (χ0) is 6.20. The molecule has 0 amide bonds. The van der Waals surface area contributed by atoms with E-state index in [4.69, 9.17) is 0 Å². The summed E-state index contributed by atoms with van der Waals surface area (Å²) in [4.78, 5) is 0. The second-order valence-corrected chi connectivity index (χ2v) is 3.53. The number of likely N-dealkylation sites (N-methyl/N-ethyl adjacent to an activating group) is 1. The molecule has 1 nitrogen and oxygen atoms in total. The minimum absolute atomic E-state index is 0.992. The van der Waals surface area contributed by atoms with Crippen LogP contribution in [0.2, 0.25) is 0 Å². The van der Waals surface area contributed by atoms with Crippen molar-refractivity contribution in [1.29, 1.82) is 0 Å².